The normalized spacial score (nSPS) is 14.3. The van der Waals surface area contributed by atoms with Crippen LogP contribution in [-0.4, -0.2) is 39.8 Å². The Hall–Kier alpha value is -4.86. The fourth-order valence-corrected chi connectivity index (χ4v) is 4.56. The lowest BCUT2D eigenvalue weighted by Crippen LogP contribution is -2.31. The predicted molar refractivity (Wildman–Crippen MR) is 147 cm³/mol. The molecule has 1 unspecified atom stereocenters. The van der Waals surface area contributed by atoms with E-state index in [1.54, 1.807) is 17.9 Å². The average Bonchev–Trinajstić information content (AvgIpc) is 3.41. The second kappa shape index (κ2) is 11.3. The molecular weight excluding hydrogens is 496 g/mol. The molecule has 1 aromatic heterocycles. The molecule has 5 rings (SSSR count). The van der Waals surface area contributed by atoms with Gasteiger partial charge in [0.15, 0.2) is 11.5 Å². The van der Waals surface area contributed by atoms with Crippen molar-refractivity contribution in [3.63, 3.8) is 0 Å². The highest BCUT2D eigenvalue weighted by molar-refractivity contribution is 6.06. The van der Waals surface area contributed by atoms with Gasteiger partial charge in [-0.2, -0.15) is 4.68 Å². The van der Waals surface area contributed by atoms with E-state index in [4.69, 9.17) is 14.2 Å². The highest BCUT2D eigenvalue weighted by atomic mass is 16.5. The third kappa shape index (κ3) is 5.26. The van der Waals surface area contributed by atoms with Gasteiger partial charge >= 0.3 is 0 Å². The number of anilines is 2. The summed E-state index contributed by atoms with van der Waals surface area (Å²) in [5, 5.41) is 18.2. The van der Waals surface area contributed by atoms with Crippen molar-refractivity contribution in [2.45, 2.75) is 33.4 Å². The van der Waals surface area contributed by atoms with Gasteiger partial charge < -0.3 is 24.8 Å². The number of tetrazole rings is 1. The van der Waals surface area contributed by atoms with E-state index < -0.39 is 6.04 Å². The molecule has 2 heterocycles. The van der Waals surface area contributed by atoms with Gasteiger partial charge in [0.1, 0.15) is 18.4 Å². The SMILES string of the molecule is CCOc1ccccc1NC(=O)C1=C(C)Nc2nnnn2C1c1ccc(OCc2ccccc2C)c(OC)c1. The van der Waals surface area contributed by atoms with Crippen LogP contribution in [-0.2, 0) is 11.4 Å². The molecule has 0 bridgehead atoms. The molecule has 0 aliphatic carbocycles. The number of rotatable bonds is 9. The molecule has 2 N–H and O–H groups in total. The number of methoxy groups -OCH3 is 1. The summed E-state index contributed by atoms with van der Waals surface area (Å²) in [4.78, 5) is 13.8. The van der Waals surface area contributed by atoms with Gasteiger partial charge in [-0.05, 0) is 72.2 Å². The zero-order valence-electron chi connectivity index (χ0n) is 22.3. The van der Waals surface area contributed by atoms with Crippen LogP contribution in [0.5, 0.6) is 17.2 Å². The summed E-state index contributed by atoms with van der Waals surface area (Å²) in [6, 6.07) is 20.4. The Bertz CT molecular complexity index is 1530. The average molecular weight is 527 g/mol. The molecule has 0 spiro atoms. The Morgan fingerprint density at radius 3 is 2.59 bits per heavy atom. The number of aryl methyl sites for hydroxylation is 1. The van der Waals surface area contributed by atoms with Crippen LogP contribution in [0.1, 0.15) is 36.6 Å². The van der Waals surface area contributed by atoms with Gasteiger partial charge in [0, 0.05) is 5.70 Å². The number of amides is 1. The summed E-state index contributed by atoms with van der Waals surface area (Å²) in [5.41, 5.74) is 4.65. The van der Waals surface area contributed by atoms with E-state index in [0.717, 1.165) is 16.7 Å². The highest BCUT2D eigenvalue weighted by Crippen LogP contribution is 2.39. The van der Waals surface area contributed by atoms with Crippen LogP contribution in [0.4, 0.5) is 11.6 Å². The van der Waals surface area contributed by atoms with Crippen molar-refractivity contribution in [3.8, 4) is 17.2 Å². The topological polar surface area (TPSA) is 112 Å². The van der Waals surface area contributed by atoms with Crippen LogP contribution in [0.15, 0.2) is 78.0 Å². The minimum Gasteiger partial charge on any atom is -0.493 e. The highest BCUT2D eigenvalue weighted by Gasteiger charge is 2.35. The maximum atomic E-state index is 13.8. The van der Waals surface area contributed by atoms with E-state index in [2.05, 4.69) is 26.2 Å². The van der Waals surface area contributed by atoms with Crippen molar-refractivity contribution in [3.05, 3.63) is 94.7 Å². The number of aromatic nitrogens is 4. The molecular formula is C29H30N6O4. The molecule has 0 saturated heterocycles. The van der Waals surface area contributed by atoms with E-state index in [9.17, 15) is 4.79 Å². The lowest BCUT2D eigenvalue weighted by molar-refractivity contribution is -0.113. The van der Waals surface area contributed by atoms with Gasteiger partial charge in [-0.3, -0.25) is 4.79 Å². The van der Waals surface area contributed by atoms with Gasteiger partial charge in [-0.1, -0.05) is 47.6 Å². The first kappa shape index (κ1) is 25.8. The monoisotopic (exact) mass is 526 g/mol. The molecule has 10 heteroatoms. The van der Waals surface area contributed by atoms with Crippen LogP contribution in [0, 0.1) is 6.92 Å². The first-order valence-electron chi connectivity index (χ1n) is 12.6. The number of ether oxygens (including phenoxy) is 3. The Morgan fingerprint density at radius 1 is 1.00 bits per heavy atom. The van der Waals surface area contributed by atoms with Crippen LogP contribution >= 0.6 is 0 Å². The zero-order valence-corrected chi connectivity index (χ0v) is 22.3. The summed E-state index contributed by atoms with van der Waals surface area (Å²) < 4.78 is 19.1. The van der Waals surface area contributed by atoms with Gasteiger partial charge in [0.2, 0.25) is 5.95 Å². The van der Waals surface area contributed by atoms with E-state index in [-0.39, 0.29) is 5.91 Å². The molecule has 4 aromatic rings. The minimum absolute atomic E-state index is 0.308. The second-order valence-corrected chi connectivity index (χ2v) is 9.02. The predicted octanol–water partition coefficient (Wildman–Crippen LogP) is 4.90. The van der Waals surface area contributed by atoms with Crippen molar-refractivity contribution in [2.24, 2.45) is 0 Å². The first-order chi connectivity index (χ1) is 19.0. The largest absolute Gasteiger partial charge is 0.493 e. The van der Waals surface area contributed by atoms with Crippen molar-refractivity contribution in [1.82, 2.24) is 20.2 Å². The van der Waals surface area contributed by atoms with E-state index >= 15 is 0 Å². The summed E-state index contributed by atoms with van der Waals surface area (Å²) in [5.74, 6) is 1.84. The van der Waals surface area contributed by atoms with Crippen molar-refractivity contribution in [2.75, 3.05) is 24.4 Å². The molecule has 0 fully saturated rings. The molecule has 10 nitrogen and oxygen atoms in total. The number of hydrogen-bond donors (Lipinski definition) is 2. The van der Waals surface area contributed by atoms with E-state index in [0.29, 0.717) is 53.4 Å². The van der Waals surface area contributed by atoms with Crippen LogP contribution in [0.2, 0.25) is 0 Å². The quantitative estimate of drug-likeness (QED) is 0.317. The van der Waals surface area contributed by atoms with E-state index in [1.807, 2.05) is 81.4 Å². The fourth-order valence-electron chi connectivity index (χ4n) is 4.56. The van der Waals surface area contributed by atoms with Gasteiger partial charge in [0.25, 0.3) is 5.91 Å². The van der Waals surface area contributed by atoms with Gasteiger partial charge in [-0.15, -0.1) is 0 Å². The molecule has 39 heavy (non-hydrogen) atoms. The number of carbonyl (C=O) groups is 1. The molecule has 1 atom stereocenters. The number of nitrogens with one attached hydrogen (secondary N) is 2. The Balaban J connectivity index is 1.48. The Labute approximate surface area is 226 Å². The first-order valence-corrected chi connectivity index (χ1v) is 12.6. The molecule has 1 amide bonds. The van der Waals surface area contributed by atoms with Crippen LogP contribution < -0.4 is 24.8 Å². The number of benzene rings is 3. The van der Waals surface area contributed by atoms with E-state index in [1.165, 1.54) is 0 Å². The number of fused-ring (bicyclic) bond motifs is 1. The maximum Gasteiger partial charge on any atom is 0.255 e. The number of carbonyl (C=O) groups excluding carboxylic acids is 1. The summed E-state index contributed by atoms with van der Waals surface area (Å²) in [6.45, 7) is 6.65. The van der Waals surface area contributed by atoms with Crippen molar-refractivity contribution < 1.29 is 19.0 Å². The molecule has 0 saturated carbocycles. The molecule has 3 aromatic carbocycles. The van der Waals surface area contributed by atoms with Crippen LogP contribution in [0.3, 0.4) is 0 Å². The minimum atomic E-state index is -0.616. The Kier molecular flexibility index (Phi) is 7.44. The lowest BCUT2D eigenvalue weighted by atomic mass is 9.94. The third-order valence-corrected chi connectivity index (χ3v) is 6.54. The summed E-state index contributed by atoms with van der Waals surface area (Å²) in [7, 11) is 1.59. The molecule has 200 valence electrons. The number of hydrogen-bond acceptors (Lipinski definition) is 8. The number of nitrogens with zero attached hydrogens (tertiary/aromatic N) is 4. The lowest BCUT2D eigenvalue weighted by Gasteiger charge is -2.28. The Morgan fingerprint density at radius 2 is 1.79 bits per heavy atom. The molecule has 1 aliphatic rings. The standard InChI is InChI=1S/C29H30N6O4/c1-5-38-23-13-9-8-12-22(23)31-28(36)26-19(3)30-29-32-33-34-35(29)27(26)20-14-15-24(25(16-20)37-4)39-17-21-11-7-6-10-18(21)2/h6-16,27H,5,17H2,1-4H3,(H,31,36)(H,30,32,34). The maximum absolute atomic E-state index is 13.8. The molecule has 1 aliphatic heterocycles. The molecule has 0 radical (unpaired) electrons. The summed E-state index contributed by atoms with van der Waals surface area (Å²) in [6.07, 6.45) is 0. The van der Waals surface area contributed by atoms with Crippen LogP contribution in [0.25, 0.3) is 0 Å². The van der Waals surface area contributed by atoms with Crippen molar-refractivity contribution in [1.29, 1.82) is 0 Å². The van der Waals surface area contributed by atoms with Crippen molar-refractivity contribution >= 4 is 17.5 Å². The summed E-state index contributed by atoms with van der Waals surface area (Å²) >= 11 is 0. The van der Waals surface area contributed by atoms with Gasteiger partial charge in [-0.25, -0.2) is 0 Å². The third-order valence-electron chi connectivity index (χ3n) is 6.54. The number of allylic oxidation sites excluding steroid dienone is 1. The number of para-hydroxylation sites is 2. The second-order valence-electron chi connectivity index (χ2n) is 9.02. The fraction of sp³-hybridized carbons (Fsp3) is 0.241. The van der Waals surface area contributed by atoms with Gasteiger partial charge in [0.05, 0.1) is 25.0 Å². The zero-order chi connectivity index (χ0) is 27.4. The smallest absolute Gasteiger partial charge is 0.255 e.